The molecule has 0 aromatic carbocycles. The highest BCUT2D eigenvalue weighted by atomic mass is 16.6. The van der Waals surface area contributed by atoms with Gasteiger partial charge in [-0.1, -0.05) is 13.3 Å². The average Bonchev–Trinajstić information content (AvgIpc) is 2.99. The van der Waals surface area contributed by atoms with Crippen molar-refractivity contribution in [2.24, 2.45) is 7.05 Å². The quantitative estimate of drug-likeness (QED) is 0.613. The number of hydrogen-bond acceptors (Lipinski definition) is 5. The first-order chi connectivity index (χ1) is 9.63. The Morgan fingerprint density at radius 2 is 2.30 bits per heavy atom. The highest BCUT2D eigenvalue weighted by molar-refractivity contribution is 5.59. The highest BCUT2D eigenvalue weighted by Gasteiger charge is 2.25. The summed E-state index contributed by atoms with van der Waals surface area (Å²) in [5.74, 6) is 0.450. The van der Waals surface area contributed by atoms with Gasteiger partial charge in [0.15, 0.2) is 0 Å². The van der Waals surface area contributed by atoms with Crippen LogP contribution in [0.4, 0.5) is 11.5 Å². The zero-order chi connectivity index (χ0) is 14.5. The summed E-state index contributed by atoms with van der Waals surface area (Å²) >= 11 is 0. The van der Waals surface area contributed by atoms with E-state index in [1.165, 1.54) is 4.68 Å². The Kier molecular flexibility index (Phi) is 4.34. The Labute approximate surface area is 116 Å². The average molecular weight is 278 g/mol. The molecule has 20 heavy (non-hydrogen) atoms. The van der Waals surface area contributed by atoms with Gasteiger partial charge in [-0.15, -0.1) is 0 Å². The molecule has 0 saturated heterocycles. The minimum absolute atomic E-state index is 0.0785. The van der Waals surface area contributed by atoms with Gasteiger partial charge in [0.05, 0.1) is 11.5 Å². The minimum Gasteiger partial charge on any atom is -0.363 e. The molecule has 0 aliphatic rings. The first kappa shape index (κ1) is 14.0. The Morgan fingerprint density at radius 1 is 1.50 bits per heavy atom. The van der Waals surface area contributed by atoms with Crippen LogP contribution in [0, 0.1) is 10.1 Å². The molecule has 0 saturated carbocycles. The summed E-state index contributed by atoms with van der Waals surface area (Å²) in [5, 5.41) is 22.6. The summed E-state index contributed by atoms with van der Waals surface area (Å²) < 4.78 is 3.30. The van der Waals surface area contributed by atoms with E-state index in [1.807, 2.05) is 19.2 Å². The molecular formula is C12H18N6O2. The third-order valence-corrected chi connectivity index (χ3v) is 2.95. The molecule has 0 atom stereocenters. The molecule has 0 aliphatic heterocycles. The van der Waals surface area contributed by atoms with E-state index >= 15 is 0 Å². The molecule has 0 radical (unpaired) electrons. The number of nitro groups is 1. The normalized spacial score (nSPS) is 10.7. The van der Waals surface area contributed by atoms with Crippen LogP contribution in [0.2, 0.25) is 0 Å². The highest BCUT2D eigenvalue weighted by Crippen LogP contribution is 2.28. The zero-order valence-corrected chi connectivity index (χ0v) is 11.6. The van der Waals surface area contributed by atoms with E-state index < -0.39 is 0 Å². The van der Waals surface area contributed by atoms with E-state index in [9.17, 15) is 10.1 Å². The molecule has 2 aromatic heterocycles. The van der Waals surface area contributed by atoms with Crippen LogP contribution in [0.5, 0.6) is 0 Å². The van der Waals surface area contributed by atoms with Crippen LogP contribution in [-0.4, -0.2) is 31.0 Å². The van der Waals surface area contributed by atoms with Crippen LogP contribution >= 0.6 is 0 Å². The number of aryl methyl sites for hydroxylation is 2. The van der Waals surface area contributed by atoms with Crippen LogP contribution in [0.15, 0.2) is 18.5 Å². The van der Waals surface area contributed by atoms with Crippen molar-refractivity contribution in [2.45, 2.75) is 26.3 Å². The molecule has 0 amide bonds. The van der Waals surface area contributed by atoms with Crippen molar-refractivity contribution >= 4 is 11.5 Å². The number of hydrogen-bond donors (Lipinski definition) is 1. The van der Waals surface area contributed by atoms with Crippen molar-refractivity contribution in [3.05, 3.63) is 34.3 Å². The van der Waals surface area contributed by atoms with Gasteiger partial charge in [0.25, 0.3) is 0 Å². The Bertz CT molecular complexity index is 575. The number of nitrogens with one attached hydrogen (secondary N) is 1. The Balaban J connectivity index is 2.11. The monoisotopic (exact) mass is 278 g/mol. The third kappa shape index (κ3) is 2.95. The van der Waals surface area contributed by atoms with Crippen LogP contribution in [0.1, 0.15) is 19.0 Å². The van der Waals surface area contributed by atoms with Gasteiger partial charge in [-0.25, -0.2) is 4.68 Å². The topological polar surface area (TPSA) is 90.8 Å². The maximum Gasteiger partial charge on any atom is 0.333 e. The van der Waals surface area contributed by atoms with E-state index in [4.69, 9.17) is 0 Å². The number of aromatic nitrogens is 4. The van der Waals surface area contributed by atoms with Crippen molar-refractivity contribution < 1.29 is 4.92 Å². The maximum absolute atomic E-state index is 11.2. The second-order valence-electron chi connectivity index (χ2n) is 4.47. The summed E-state index contributed by atoms with van der Waals surface area (Å²) in [7, 11) is 1.71. The number of nitrogens with zero attached hydrogens (tertiary/aromatic N) is 5. The van der Waals surface area contributed by atoms with Gasteiger partial charge in [0.2, 0.25) is 5.82 Å². The zero-order valence-electron chi connectivity index (χ0n) is 11.6. The second-order valence-corrected chi connectivity index (χ2v) is 4.47. The lowest BCUT2D eigenvalue weighted by molar-refractivity contribution is -0.384. The van der Waals surface area contributed by atoms with Crippen molar-refractivity contribution in [3.8, 4) is 0 Å². The van der Waals surface area contributed by atoms with E-state index in [2.05, 4.69) is 15.5 Å². The lowest BCUT2D eigenvalue weighted by Gasteiger charge is -2.06. The Hall–Kier alpha value is -2.38. The minimum atomic E-state index is -0.367. The summed E-state index contributed by atoms with van der Waals surface area (Å²) in [6.45, 7) is 3.16. The van der Waals surface area contributed by atoms with Crippen molar-refractivity contribution in [1.82, 2.24) is 19.6 Å². The molecule has 0 bridgehead atoms. The molecule has 2 rings (SSSR count). The van der Waals surface area contributed by atoms with Gasteiger partial charge in [-0.2, -0.15) is 10.2 Å². The van der Waals surface area contributed by atoms with Gasteiger partial charge < -0.3 is 5.32 Å². The molecule has 8 nitrogen and oxygen atoms in total. The molecule has 0 spiro atoms. The predicted molar refractivity (Wildman–Crippen MR) is 74.6 cm³/mol. The molecule has 0 fully saturated rings. The Morgan fingerprint density at radius 3 is 2.90 bits per heavy atom. The molecule has 0 unspecified atom stereocenters. The molecule has 0 aliphatic carbocycles. The number of anilines is 1. The molecule has 108 valence electrons. The van der Waals surface area contributed by atoms with Gasteiger partial charge >= 0.3 is 5.69 Å². The molecule has 2 heterocycles. The first-order valence-corrected chi connectivity index (χ1v) is 6.55. The van der Waals surface area contributed by atoms with E-state index in [0.717, 1.165) is 6.42 Å². The summed E-state index contributed by atoms with van der Waals surface area (Å²) in [5.41, 5.74) is 0.608. The number of rotatable bonds is 7. The summed E-state index contributed by atoms with van der Waals surface area (Å²) in [6.07, 6.45) is 4.98. The van der Waals surface area contributed by atoms with Crippen LogP contribution in [-0.2, 0) is 20.0 Å². The lowest BCUT2D eigenvalue weighted by Crippen LogP contribution is -2.13. The predicted octanol–water partition coefficient (Wildman–Crippen LogP) is 1.59. The SMILES string of the molecule is CCCc1nn(C)c(NCCn2cccn2)c1[N+](=O)[O-]. The van der Waals surface area contributed by atoms with Crippen molar-refractivity contribution in [1.29, 1.82) is 0 Å². The van der Waals surface area contributed by atoms with Gasteiger partial charge in [0.1, 0.15) is 5.69 Å². The fourth-order valence-electron chi connectivity index (χ4n) is 2.09. The van der Waals surface area contributed by atoms with Gasteiger partial charge in [0, 0.05) is 26.0 Å². The van der Waals surface area contributed by atoms with Crippen LogP contribution < -0.4 is 5.32 Å². The van der Waals surface area contributed by atoms with E-state index in [-0.39, 0.29) is 10.6 Å². The first-order valence-electron chi connectivity index (χ1n) is 6.55. The second kappa shape index (κ2) is 6.18. The summed E-state index contributed by atoms with van der Waals surface area (Å²) in [6, 6.07) is 1.84. The fourth-order valence-corrected chi connectivity index (χ4v) is 2.09. The molecular weight excluding hydrogens is 260 g/mol. The lowest BCUT2D eigenvalue weighted by atomic mass is 10.2. The largest absolute Gasteiger partial charge is 0.363 e. The molecule has 2 aromatic rings. The summed E-state index contributed by atoms with van der Waals surface area (Å²) in [4.78, 5) is 10.9. The van der Waals surface area contributed by atoms with Gasteiger partial charge in [-0.05, 0) is 12.5 Å². The molecule has 8 heteroatoms. The van der Waals surface area contributed by atoms with E-state index in [0.29, 0.717) is 31.0 Å². The van der Waals surface area contributed by atoms with Crippen molar-refractivity contribution in [3.63, 3.8) is 0 Å². The fraction of sp³-hybridized carbons (Fsp3) is 0.500. The van der Waals surface area contributed by atoms with Gasteiger partial charge in [-0.3, -0.25) is 14.8 Å². The standard InChI is InChI=1S/C12H18N6O2/c1-3-5-10-11(18(19)20)12(16(2)15-10)13-7-9-17-8-4-6-14-17/h4,6,8,13H,3,5,7,9H2,1-2H3. The van der Waals surface area contributed by atoms with Crippen molar-refractivity contribution in [2.75, 3.05) is 11.9 Å². The maximum atomic E-state index is 11.2. The van der Waals surface area contributed by atoms with E-state index in [1.54, 1.807) is 17.9 Å². The molecule has 1 N–H and O–H groups in total. The van der Waals surface area contributed by atoms with Crippen LogP contribution in [0.3, 0.4) is 0 Å². The van der Waals surface area contributed by atoms with Crippen LogP contribution in [0.25, 0.3) is 0 Å². The third-order valence-electron chi connectivity index (χ3n) is 2.95. The smallest absolute Gasteiger partial charge is 0.333 e.